The molecule has 0 atom stereocenters. The van der Waals surface area contributed by atoms with Crippen molar-refractivity contribution in [3.8, 4) is 0 Å². The number of carboxylic acids is 2. The maximum Gasteiger partial charge on any atom is 0.335 e. The lowest BCUT2D eigenvalue weighted by Gasteiger charge is -1.94. The fraction of sp³-hybridized carbons (Fsp3) is 0.231. The predicted octanol–water partition coefficient (Wildman–Crippen LogP) is 3.06. The van der Waals surface area contributed by atoms with Gasteiger partial charge in [-0.15, -0.1) is 13.2 Å². The minimum absolute atomic E-state index is 0.0833. The highest BCUT2D eigenvalue weighted by atomic mass is 16.4. The number of aromatic carboxylic acids is 2. The maximum absolute atomic E-state index is 10.3. The Balaban J connectivity index is 0.000000429. The van der Waals surface area contributed by atoms with E-state index in [2.05, 4.69) is 13.2 Å². The van der Waals surface area contributed by atoms with Gasteiger partial charge in [0.2, 0.25) is 0 Å². The quantitative estimate of drug-likeness (QED) is 0.774. The number of hydrogen-bond donors (Lipinski definition) is 2. The summed E-state index contributed by atoms with van der Waals surface area (Å²) in [5, 5.41) is 16.9. The minimum Gasteiger partial charge on any atom is -0.478 e. The first kappa shape index (κ1) is 14.9. The molecular weight excluding hydrogens is 220 g/mol. The average molecular weight is 236 g/mol. The molecule has 17 heavy (non-hydrogen) atoms. The van der Waals surface area contributed by atoms with E-state index in [0.717, 1.165) is 0 Å². The van der Waals surface area contributed by atoms with Crippen LogP contribution >= 0.6 is 0 Å². The third-order valence-corrected chi connectivity index (χ3v) is 1.73. The molecule has 0 aliphatic heterocycles. The number of carbonyl (C=O) groups is 2. The van der Waals surface area contributed by atoms with Gasteiger partial charge in [0.25, 0.3) is 0 Å². The van der Waals surface area contributed by atoms with Gasteiger partial charge >= 0.3 is 11.9 Å². The second-order valence-corrected chi connectivity index (χ2v) is 3.25. The second-order valence-electron chi connectivity index (χ2n) is 3.25. The Labute approximate surface area is 100 Å². The van der Waals surface area contributed by atoms with E-state index < -0.39 is 11.9 Å². The third kappa shape index (κ3) is 6.89. The highest BCUT2D eigenvalue weighted by molar-refractivity contribution is 5.91. The molecule has 0 spiro atoms. The van der Waals surface area contributed by atoms with Crippen LogP contribution < -0.4 is 0 Å². The molecule has 1 aliphatic rings. The SMILES string of the molecule is C1CC1.C=C.O=C(O)c1ccc(C(=O)O)cc1. The lowest BCUT2D eigenvalue weighted by atomic mass is 10.1. The molecule has 4 nitrogen and oxygen atoms in total. The first-order valence-corrected chi connectivity index (χ1v) is 5.18. The van der Waals surface area contributed by atoms with Gasteiger partial charge in [0.1, 0.15) is 0 Å². The van der Waals surface area contributed by atoms with Crippen LogP contribution in [0.2, 0.25) is 0 Å². The van der Waals surface area contributed by atoms with Gasteiger partial charge in [-0.1, -0.05) is 19.3 Å². The van der Waals surface area contributed by atoms with E-state index >= 15 is 0 Å². The van der Waals surface area contributed by atoms with Crippen molar-refractivity contribution >= 4 is 11.9 Å². The summed E-state index contributed by atoms with van der Waals surface area (Å²) in [5.74, 6) is -2.13. The van der Waals surface area contributed by atoms with Gasteiger partial charge in [0.05, 0.1) is 11.1 Å². The van der Waals surface area contributed by atoms with Crippen LogP contribution in [0.1, 0.15) is 40.0 Å². The molecule has 0 unspecified atom stereocenters. The fourth-order valence-corrected chi connectivity index (χ4v) is 0.755. The molecule has 0 bridgehead atoms. The summed E-state index contributed by atoms with van der Waals surface area (Å²) >= 11 is 0. The van der Waals surface area contributed by atoms with Crippen molar-refractivity contribution in [3.05, 3.63) is 48.6 Å². The standard InChI is InChI=1S/C8H6O4.C3H6.C2H4/c9-7(10)5-1-2-6(4-3-5)8(11)12;1-2-3-1;1-2/h1-4H,(H,9,10)(H,11,12);1-3H2;1-2H2. The Kier molecular flexibility index (Phi) is 7.10. The van der Waals surface area contributed by atoms with Crippen molar-refractivity contribution in [2.24, 2.45) is 0 Å². The maximum atomic E-state index is 10.3. The number of hydrogen-bond acceptors (Lipinski definition) is 2. The molecule has 1 aromatic rings. The molecule has 1 aromatic carbocycles. The summed E-state index contributed by atoms with van der Waals surface area (Å²) in [6.07, 6.45) is 4.50. The molecule has 0 aromatic heterocycles. The minimum atomic E-state index is -1.06. The Morgan fingerprint density at radius 1 is 0.824 bits per heavy atom. The molecule has 4 heteroatoms. The van der Waals surface area contributed by atoms with Gasteiger partial charge in [0, 0.05) is 0 Å². The molecule has 1 aliphatic carbocycles. The predicted molar refractivity (Wildman–Crippen MR) is 65.5 cm³/mol. The van der Waals surface area contributed by atoms with E-state index in [4.69, 9.17) is 10.2 Å². The Morgan fingerprint density at radius 3 is 1.18 bits per heavy atom. The van der Waals surface area contributed by atoms with E-state index in [0.29, 0.717) is 0 Å². The molecular formula is C13H16O4. The molecule has 1 fully saturated rings. The summed E-state index contributed by atoms with van der Waals surface area (Å²) in [6.45, 7) is 6.00. The highest BCUT2D eigenvalue weighted by Gasteiger charge is 2.04. The van der Waals surface area contributed by atoms with E-state index in [1.54, 1.807) is 0 Å². The van der Waals surface area contributed by atoms with E-state index in [1.165, 1.54) is 43.5 Å². The van der Waals surface area contributed by atoms with Crippen LogP contribution in [0.5, 0.6) is 0 Å². The Bertz CT molecular complexity index is 330. The van der Waals surface area contributed by atoms with Crippen LogP contribution in [0.4, 0.5) is 0 Å². The summed E-state index contributed by atoms with van der Waals surface area (Å²) in [7, 11) is 0. The molecule has 2 N–H and O–H groups in total. The van der Waals surface area contributed by atoms with Crippen molar-refractivity contribution in [3.63, 3.8) is 0 Å². The van der Waals surface area contributed by atoms with Crippen LogP contribution in [-0.2, 0) is 0 Å². The van der Waals surface area contributed by atoms with Crippen LogP contribution in [0, 0.1) is 0 Å². The van der Waals surface area contributed by atoms with Gasteiger partial charge in [0.15, 0.2) is 0 Å². The van der Waals surface area contributed by atoms with E-state index in [-0.39, 0.29) is 11.1 Å². The van der Waals surface area contributed by atoms with Gasteiger partial charge in [-0.3, -0.25) is 0 Å². The Hall–Kier alpha value is -2.10. The summed E-state index contributed by atoms with van der Waals surface area (Å²) < 4.78 is 0. The van der Waals surface area contributed by atoms with Crippen LogP contribution in [0.3, 0.4) is 0 Å². The average Bonchev–Trinajstić information content (AvgIpc) is 3.19. The molecule has 92 valence electrons. The summed E-state index contributed by atoms with van der Waals surface area (Å²) in [6, 6.07) is 5.02. The van der Waals surface area contributed by atoms with Crippen LogP contribution in [0.25, 0.3) is 0 Å². The lowest BCUT2D eigenvalue weighted by Crippen LogP contribution is -1.99. The van der Waals surface area contributed by atoms with Gasteiger partial charge in [-0.2, -0.15) is 0 Å². The Morgan fingerprint density at radius 2 is 1.06 bits per heavy atom. The zero-order chi connectivity index (χ0) is 13.3. The number of carboxylic acid groups (broad SMARTS) is 2. The molecule has 0 heterocycles. The smallest absolute Gasteiger partial charge is 0.335 e. The third-order valence-electron chi connectivity index (χ3n) is 1.73. The summed E-state index contributed by atoms with van der Waals surface area (Å²) in [4.78, 5) is 20.7. The van der Waals surface area contributed by atoms with Crippen molar-refractivity contribution < 1.29 is 19.8 Å². The topological polar surface area (TPSA) is 74.6 Å². The first-order chi connectivity index (χ1) is 8.11. The summed E-state index contributed by atoms with van der Waals surface area (Å²) in [5.41, 5.74) is 0.167. The highest BCUT2D eigenvalue weighted by Crippen LogP contribution is 2.14. The van der Waals surface area contributed by atoms with E-state index in [1.807, 2.05) is 0 Å². The lowest BCUT2D eigenvalue weighted by molar-refractivity contribution is 0.0681. The zero-order valence-corrected chi connectivity index (χ0v) is 9.56. The van der Waals surface area contributed by atoms with Crippen molar-refractivity contribution in [2.75, 3.05) is 0 Å². The fourth-order valence-electron chi connectivity index (χ4n) is 0.755. The van der Waals surface area contributed by atoms with Gasteiger partial charge < -0.3 is 10.2 Å². The molecule has 1 saturated carbocycles. The van der Waals surface area contributed by atoms with Crippen LogP contribution in [-0.4, -0.2) is 22.2 Å². The normalized spacial score (nSPS) is 11.1. The van der Waals surface area contributed by atoms with Gasteiger partial charge in [-0.05, 0) is 24.3 Å². The zero-order valence-electron chi connectivity index (χ0n) is 9.56. The monoisotopic (exact) mass is 236 g/mol. The first-order valence-electron chi connectivity index (χ1n) is 5.18. The number of rotatable bonds is 2. The van der Waals surface area contributed by atoms with Crippen LogP contribution in [0.15, 0.2) is 37.4 Å². The molecule has 2 rings (SSSR count). The largest absolute Gasteiger partial charge is 0.478 e. The number of benzene rings is 1. The molecule has 0 radical (unpaired) electrons. The molecule has 0 saturated heterocycles. The van der Waals surface area contributed by atoms with E-state index in [9.17, 15) is 9.59 Å². The van der Waals surface area contributed by atoms with Crippen molar-refractivity contribution in [1.82, 2.24) is 0 Å². The second kappa shape index (κ2) is 8.10. The van der Waals surface area contributed by atoms with Gasteiger partial charge in [-0.25, -0.2) is 9.59 Å². The van der Waals surface area contributed by atoms with Crippen molar-refractivity contribution in [2.45, 2.75) is 19.3 Å². The van der Waals surface area contributed by atoms with Crippen molar-refractivity contribution in [1.29, 1.82) is 0 Å². The molecule has 0 amide bonds.